The van der Waals surface area contributed by atoms with Crippen molar-refractivity contribution in [1.29, 1.82) is 0 Å². The van der Waals surface area contributed by atoms with Gasteiger partial charge in [-0.3, -0.25) is 14.9 Å². The van der Waals surface area contributed by atoms with Gasteiger partial charge in [0.2, 0.25) is 5.91 Å². The Morgan fingerprint density at radius 1 is 1.39 bits per heavy atom. The van der Waals surface area contributed by atoms with E-state index in [0.29, 0.717) is 32.5 Å². The van der Waals surface area contributed by atoms with E-state index in [1.807, 2.05) is 18.7 Å². The van der Waals surface area contributed by atoms with Crippen LogP contribution in [0.25, 0.3) is 0 Å². The van der Waals surface area contributed by atoms with E-state index in [2.05, 4.69) is 5.32 Å². The molecule has 1 aromatic carbocycles. The van der Waals surface area contributed by atoms with Crippen LogP contribution in [-0.4, -0.2) is 47.6 Å². The van der Waals surface area contributed by atoms with Crippen LogP contribution in [0.4, 0.5) is 11.4 Å². The zero-order valence-electron chi connectivity index (χ0n) is 13.5. The van der Waals surface area contributed by atoms with Crippen molar-refractivity contribution in [2.24, 2.45) is 0 Å². The minimum absolute atomic E-state index is 0.0705. The van der Waals surface area contributed by atoms with Crippen molar-refractivity contribution in [2.45, 2.75) is 38.8 Å². The summed E-state index contributed by atoms with van der Waals surface area (Å²) < 4.78 is 5.53. The molecule has 1 amide bonds. The minimum atomic E-state index is -0.424. The summed E-state index contributed by atoms with van der Waals surface area (Å²) >= 11 is 0. The number of hydrogen-bond acceptors (Lipinski definition) is 5. The summed E-state index contributed by atoms with van der Waals surface area (Å²) in [6.07, 6.45) is 1.29. The zero-order chi connectivity index (χ0) is 16.8. The van der Waals surface area contributed by atoms with Crippen LogP contribution in [0, 0.1) is 10.1 Å². The molecule has 1 aliphatic heterocycles. The normalized spacial score (nSPS) is 21.0. The number of rotatable bonds is 6. The van der Waals surface area contributed by atoms with Crippen LogP contribution in [0.5, 0.6) is 0 Å². The van der Waals surface area contributed by atoms with E-state index in [1.165, 1.54) is 12.1 Å². The summed E-state index contributed by atoms with van der Waals surface area (Å²) in [5, 5.41) is 13.8. The number of nitro groups is 1. The van der Waals surface area contributed by atoms with Gasteiger partial charge in [-0.2, -0.15) is 0 Å². The molecular weight excluding hydrogens is 298 g/mol. The average Bonchev–Trinajstić information content (AvgIpc) is 2.54. The van der Waals surface area contributed by atoms with Gasteiger partial charge in [-0.1, -0.05) is 0 Å². The van der Waals surface area contributed by atoms with E-state index < -0.39 is 4.92 Å². The summed E-state index contributed by atoms with van der Waals surface area (Å²) in [7, 11) is 0. The molecule has 0 aliphatic carbocycles. The second-order valence-corrected chi connectivity index (χ2v) is 5.87. The van der Waals surface area contributed by atoms with Crippen LogP contribution >= 0.6 is 0 Å². The molecule has 126 valence electrons. The SMILES string of the molecule is CC1CN(C(=O)CCCNc2ccc([N+](=O)[O-])cc2)C(C)CO1. The quantitative estimate of drug-likeness (QED) is 0.494. The Morgan fingerprint density at radius 2 is 2.09 bits per heavy atom. The third kappa shape index (κ3) is 4.92. The maximum Gasteiger partial charge on any atom is 0.269 e. The van der Waals surface area contributed by atoms with Gasteiger partial charge in [0, 0.05) is 37.3 Å². The van der Waals surface area contributed by atoms with Crippen LogP contribution in [0.15, 0.2) is 24.3 Å². The second kappa shape index (κ2) is 7.92. The van der Waals surface area contributed by atoms with Crippen molar-refractivity contribution in [1.82, 2.24) is 4.90 Å². The molecule has 1 aromatic rings. The lowest BCUT2D eigenvalue weighted by atomic mass is 10.1. The first-order valence-corrected chi connectivity index (χ1v) is 7.86. The number of nitrogens with one attached hydrogen (secondary N) is 1. The summed E-state index contributed by atoms with van der Waals surface area (Å²) in [4.78, 5) is 24.3. The number of anilines is 1. The minimum Gasteiger partial charge on any atom is -0.385 e. The Balaban J connectivity index is 1.72. The molecule has 1 N–H and O–H groups in total. The fourth-order valence-corrected chi connectivity index (χ4v) is 2.57. The summed E-state index contributed by atoms with van der Waals surface area (Å²) in [5.74, 6) is 0.151. The maximum absolute atomic E-state index is 12.3. The topological polar surface area (TPSA) is 84.7 Å². The lowest BCUT2D eigenvalue weighted by Crippen LogP contribution is -2.50. The molecule has 0 spiro atoms. The van der Waals surface area contributed by atoms with E-state index in [0.717, 1.165) is 5.69 Å². The highest BCUT2D eigenvalue weighted by molar-refractivity contribution is 5.76. The molecule has 1 aliphatic rings. The standard InChI is InChI=1S/C16H23N3O4/c1-12-11-23-13(2)10-18(12)16(20)4-3-9-17-14-5-7-15(8-6-14)19(21)22/h5-8,12-13,17H,3-4,9-11H2,1-2H3. The Kier molecular flexibility index (Phi) is 5.92. The van der Waals surface area contributed by atoms with Gasteiger partial charge in [-0.05, 0) is 32.4 Å². The first-order valence-electron chi connectivity index (χ1n) is 7.86. The first kappa shape index (κ1) is 17.2. The number of non-ortho nitro benzene ring substituents is 1. The fraction of sp³-hybridized carbons (Fsp3) is 0.562. The predicted octanol–water partition coefficient (Wildman–Crippen LogP) is 2.42. The zero-order valence-corrected chi connectivity index (χ0v) is 13.5. The van der Waals surface area contributed by atoms with Crippen LogP contribution in [0.3, 0.4) is 0 Å². The van der Waals surface area contributed by atoms with E-state index >= 15 is 0 Å². The van der Waals surface area contributed by atoms with Gasteiger partial charge in [-0.15, -0.1) is 0 Å². The highest BCUT2D eigenvalue weighted by atomic mass is 16.6. The van der Waals surface area contributed by atoms with Crippen molar-refractivity contribution in [3.63, 3.8) is 0 Å². The molecule has 7 nitrogen and oxygen atoms in total. The molecule has 2 rings (SSSR count). The monoisotopic (exact) mass is 321 g/mol. The van der Waals surface area contributed by atoms with Crippen molar-refractivity contribution >= 4 is 17.3 Å². The lowest BCUT2D eigenvalue weighted by molar-refractivity contribution is -0.384. The van der Waals surface area contributed by atoms with Crippen LogP contribution in [0.1, 0.15) is 26.7 Å². The number of carbonyl (C=O) groups excluding carboxylic acids is 1. The number of nitrogens with zero attached hydrogens (tertiary/aromatic N) is 2. The third-order valence-electron chi connectivity index (χ3n) is 3.90. The van der Waals surface area contributed by atoms with Crippen molar-refractivity contribution in [2.75, 3.05) is 25.0 Å². The molecular formula is C16H23N3O4. The van der Waals surface area contributed by atoms with E-state index in [-0.39, 0.29) is 23.7 Å². The molecule has 1 fully saturated rings. The highest BCUT2D eigenvalue weighted by Gasteiger charge is 2.26. The van der Waals surface area contributed by atoms with E-state index in [1.54, 1.807) is 12.1 Å². The van der Waals surface area contributed by atoms with Crippen LogP contribution in [0.2, 0.25) is 0 Å². The number of ether oxygens (including phenoxy) is 1. The fourth-order valence-electron chi connectivity index (χ4n) is 2.57. The lowest BCUT2D eigenvalue weighted by Gasteiger charge is -2.36. The van der Waals surface area contributed by atoms with Gasteiger partial charge in [-0.25, -0.2) is 0 Å². The molecule has 1 heterocycles. The molecule has 23 heavy (non-hydrogen) atoms. The van der Waals surface area contributed by atoms with Gasteiger partial charge in [0.15, 0.2) is 0 Å². The summed E-state index contributed by atoms with van der Waals surface area (Å²) in [6, 6.07) is 6.40. The molecule has 2 atom stereocenters. The Hall–Kier alpha value is -2.15. The van der Waals surface area contributed by atoms with Gasteiger partial charge in [0.25, 0.3) is 5.69 Å². The Bertz CT molecular complexity index is 547. The summed E-state index contributed by atoms with van der Waals surface area (Å²) in [5.41, 5.74) is 0.887. The molecule has 0 saturated carbocycles. The number of amides is 1. The van der Waals surface area contributed by atoms with Crippen molar-refractivity contribution in [3.8, 4) is 0 Å². The molecule has 2 unspecified atom stereocenters. The first-order chi connectivity index (χ1) is 11.0. The van der Waals surface area contributed by atoms with Gasteiger partial charge in [0.05, 0.1) is 23.7 Å². The summed E-state index contributed by atoms with van der Waals surface area (Å²) in [6.45, 7) is 5.86. The van der Waals surface area contributed by atoms with Crippen molar-refractivity contribution in [3.05, 3.63) is 34.4 Å². The predicted molar refractivity (Wildman–Crippen MR) is 87.4 cm³/mol. The third-order valence-corrected chi connectivity index (χ3v) is 3.90. The number of morpholine rings is 1. The molecule has 0 aromatic heterocycles. The van der Waals surface area contributed by atoms with Crippen LogP contribution < -0.4 is 5.32 Å². The molecule has 0 radical (unpaired) electrons. The number of carbonyl (C=O) groups is 1. The smallest absolute Gasteiger partial charge is 0.269 e. The van der Waals surface area contributed by atoms with E-state index in [9.17, 15) is 14.9 Å². The highest BCUT2D eigenvalue weighted by Crippen LogP contribution is 2.16. The molecule has 7 heteroatoms. The average molecular weight is 321 g/mol. The van der Waals surface area contributed by atoms with Gasteiger partial charge < -0.3 is 15.0 Å². The van der Waals surface area contributed by atoms with Gasteiger partial charge in [0.1, 0.15) is 0 Å². The molecule has 0 bridgehead atoms. The number of hydrogen-bond donors (Lipinski definition) is 1. The van der Waals surface area contributed by atoms with Crippen LogP contribution in [-0.2, 0) is 9.53 Å². The Morgan fingerprint density at radius 3 is 2.74 bits per heavy atom. The van der Waals surface area contributed by atoms with E-state index in [4.69, 9.17) is 4.74 Å². The molecule has 1 saturated heterocycles. The van der Waals surface area contributed by atoms with Gasteiger partial charge >= 0.3 is 0 Å². The Labute approximate surface area is 135 Å². The van der Waals surface area contributed by atoms with Crippen molar-refractivity contribution < 1.29 is 14.5 Å². The second-order valence-electron chi connectivity index (χ2n) is 5.87. The number of benzene rings is 1. The maximum atomic E-state index is 12.3. The largest absolute Gasteiger partial charge is 0.385 e. The number of nitro benzene ring substituents is 1.